The van der Waals surface area contributed by atoms with E-state index in [2.05, 4.69) is 0 Å². The molecule has 0 aliphatic heterocycles. The summed E-state index contributed by atoms with van der Waals surface area (Å²) >= 11 is 0. The molecule has 0 amide bonds. The highest BCUT2D eigenvalue weighted by molar-refractivity contribution is 6.22. The SMILES string of the molecule is CC1(C)C=C(C(=O)[O-])c2ccccc2C1=O. The number of rotatable bonds is 1. The molecule has 3 heteroatoms. The Morgan fingerprint density at radius 1 is 1.19 bits per heavy atom. The van der Waals surface area contributed by atoms with Gasteiger partial charge < -0.3 is 9.90 Å². The number of carbonyl (C=O) groups is 2. The standard InChI is InChI=1S/C13H12O3/c1-13(2)7-10(12(15)16)8-5-3-4-6-9(8)11(13)14/h3-7H,1-2H3,(H,15,16)/p-1. The summed E-state index contributed by atoms with van der Waals surface area (Å²) in [6.45, 7) is 3.41. The van der Waals surface area contributed by atoms with Gasteiger partial charge in [-0.2, -0.15) is 0 Å². The first-order chi connectivity index (χ1) is 7.43. The van der Waals surface area contributed by atoms with E-state index in [0.717, 1.165) is 0 Å². The third kappa shape index (κ3) is 1.45. The van der Waals surface area contributed by atoms with Gasteiger partial charge in [0.15, 0.2) is 5.78 Å². The maximum Gasteiger partial charge on any atom is 0.172 e. The van der Waals surface area contributed by atoms with Crippen LogP contribution in [0.5, 0.6) is 0 Å². The molecule has 1 aromatic rings. The number of allylic oxidation sites excluding steroid dienone is 1. The molecule has 1 aliphatic rings. The van der Waals surface area contributed by atoms with Crippen molar-refractivity contribution >= 4 is 17.3 Å². The predicted octanol–water partition coefficient (Wildman–Crippen LogP) is 1.04. The number of carboxylic acid groups (broad SMARTS) is 1. The van der Waals surface area contributed by atoms with E-state index in [1.165, 1.54) is 6.08 Å². The van der Waals surface area contributed by atoms with E-state index in [0.29, 0.717) is 11.1 Å². The van der Waals surface area contributed by atoms with Gasteiger partial charge in [0.1, 0.15) is 0 Å². The van der Waals surface area contributed by atoms with Crippen LogP contribution in [0.3, 0.4) is 0 Å². The fourth-order valence-corrected chi connectivity index (χ4v) is 1.94. The first-order valence-corrected chi connectivity index (χ1v) is 5.02. The minimum Gasteiger partial charge on any atom is -0.545 e. The Labute approximate surface area is 93.4 Å². The van der Waals surface area contributed by atoms with E-state index in [1.54, 1.807) is 38.1 Å². The second-order valence-corrected chi connectivity index (χ2v) is 4.44. The topological polar surface area (TPSA) is 57.2 Å². The smallest absolute Gasteiger partial charge is 0.172 e. The molecular weight excluding hydrogens is 204 g/mol. The number of hydrogen-bond donors (Lipinski definition) is 0. The molecule has 16 heavy (non-hydrogen) atoms. The molecule has 3 nitrogen and oxygen atoms in total. The molecule has 0 saturated heterocycles. The molecule has 0 N–H and O–H groups in total. The number of benzene rings is 1. The normalized spacial score (nSPS) is 17.6. The minimum absolute atomic E-state index is 0.0619. The minimum atomic E-state index is -1.24. The van der Waals surface area contributed by atoms with Crippen LogP contribution in [-0.4, -0.2) is 11.8 Å². The van der Waals surface area contributed by atoms with E-state index in [-0.39, 0.29) is 11.4 Å². The number of ketones is 1. The Morgan fingerprint density at radius 3 is 2.31 bits per heavy atom. The fraction of sp³-hybridized carbons (Fsp3) is 0.231. The number of fused-ring (bicyclic) bond motifs is 1. The zero-order valence-corrected chi connectivity index (χ0v) is 9.11. The van der Waals surface area contributed by atoms with E-state index in [4.69, 9.17) is 0 Å². The second-order valence-electron chi connectivity index (χ2n) is 4.44. The van der Waals surface area contributed by atoms with Crippen LogP contribution in [0.1, 0.15) is 29.8 Å². The van der Waals surface area contributed by atoms with Gasteiger partial charge in [0, 0.05) is 16.6 Å². The van der Waals surface area contributed by atoms with Crippen molar-refractivity contribution in [3.05, 3.63) is 41.5 Å². The lowest BCUT2D eigenvalue weighted by Crippen LogP contribution is -2.32. The fourth-order valence-electron chi connectivity index (χ4n) is 1.94. The molecule has 0 bridgehead atoms. The van der Waals surface area contributed by atoms with Crippen LogP contribution in [0.25, 0.3) is 5.57 Å². The molecule has 82 valence electrons. The van der Waals surface area contributed by atoms with Crippen molar-refractivity contribution in [2.45, 2.75) is 13.8 Å². The van der Waals surface area contributed by atoms with Gasteiger partial charge in [0.25, 0.3) is 0 Å². The third-order valence-corrected chi connectivity index (χ3v) is 2.77. The lowest BCUT2D eigenvalue weighted by atomic mass is 9.75. The Morgan fingerprint density at radius 2 is 1.75 bits per heavy atom. The summed E-state index contributed by atoms with van der Waals surface area (Å²) in [4.78, 5) is 23.1. The Balaban J connectivity index is 2.72. The van der Waals surface area contributed by atoms with Crippen molar-refractivity contribution in [3.8, 4) is 0 Å². The van der Waals surface area contributed by atoms with Crippen LogP contribution in [0.2, 0.25) is 0 Å². The quantitative estimate of drug-likeness (QED) is 0.703. The third-order valence-electron chi connectivity index (χ3n) is 2.77. The van der Waals surface area contributed by atoms with Gasteiger partial charge in [0.05, 0.1) is 5.97 Å². The number of hydrogen-bond acceptors (Lipinski definition) is 3. The van der Waals surface area contributed by atoms with Gasteiger partial charge in [0.2, 0.25) is 0 Å². The maximum absolute atomic E-state index is 12.0. The Kier molecular flexibility index (Phi) is 2.19. The van der Waals surface area contributed by atoms with Crippen molar-refractivity contribution < 1.29 is 14.7 Å². The Hall–Kier alpha value is -1.90. The van der Waals surface area contributed by atoms with Crippen molar-refractivity contribution in [2.75, 3.05) is 0 Å². The number of Topliss-reactive ketones (excluding diaryl/α,β-unsaturated/α-hetero) is 1. The summed E-state index contributed by atoms with van der Waals surface area (Å²) in [5, 5.41) is 11.0. The number of carboxylic acids is 1. The molecule has 0 spiro atoms. The predicted molar refractivity (Wildman–Crippen MR) is 57.5 cm³/mol. The van der Waals surface area contributed by atoms with Gasteiger partial charge >= 0.3 is 0 Å². The first kappa shape index (κ1) is 10.6. The average Bonchev–Trinajstić information content (AvgIpc) is 2.23. The molecule has 0 radical (unpaired) electrons. The molecule has 0 saturated carbocycles. The summed E-state index contributed by atoms with van der Waals surface area (Å²) in [5.41, 5.74) is 0.213. The van der Waals surface area contributed by atoms with E-state index in [9.17, 15) is 14.7 Å². The molecule has 0 heterocycles. The maximum atomic E-state index is 12.0. The van der Waals surface area contributed by atoms with Gasteiger partial charge in [-0.3, -0.25) is 4.79 Å². The van der Waals surface area contributed by atoms with Gasteiger partial charge in [-0.25, -0.2) is 0 Å². The zero-order chi connectivity index (χ0) is 11.9. The van der Waals surface area contributed by atoms with Crippen LogP contribution in [0, 0.1) is 5.41 Å². The molecule has 0 atom stereocenters. The molecular formula is C13H11O3-. The lowest BCUT2D eigenvalue weighted by Gasteiger charge is -2.28. The van der Waals surface area contributed by atoms with E-state index in [1.807, 2.05) is 0 Å². The highest BCUT2D eigenvalue weighted by Gasteiger charge is 2.33. The monoisotopic (exact) mass is 215 g/mol. The summed E-state index contributed by atoms with van der Waals surface area (Å²) < 4.78 is 0. The molecule has 0 aromatic heterocycles. The number of carbonyl (C=O) groups excluding carboxylic acids is 2. The number of aliphatic carboxylic acids is 1. The molecule has 2 rings (SSSR count). The lowest BCUT2D eigenvalue weighted by molar-refractivity contribution is -0.295. The second kappa shape index (κ2) is 3.30. The Bertz CT molecular complexity index is 510. The van der Waals surface area contributed by atoms with Crippen molar-refractivity contribution in [2.24, 2.45) is 5.41 Å². The van der Waals surface area contributed by atoms with E-state index >= 15 is 0 Å². The van der Waals surface area contributed by atoms with E-state index < -0.39 is 11.4 Å². The van der Waals surface area contributed by atoms with Gasteiger partial charge in [-0.1, -0.05) is 30.3 Å². The summed E-state index contributed by atoms with van der Waals surface area (Å²) in [5.74, 6) is -1.30. The molecule has 0 fully saturated rings. The van der Waals surface area contributed by atoms with Gasteiger partial charge in [-0.05, 0) is 19.4 Å². The highest BCUT2D eigenvalue weighted by atomic mass is 16.4. The van der Waals surface area contributed by atoms with Crippen LogP contribution in [0.4, 0.5) is 0 Å². The van der Waals surface area contributed by atoms with Crippen LogP contribution in [-0.2, 0) is 4.79 Å². The van der Waals surface area contributed by atoms with Crippen molar-refractivity contribution in [1.29, 1.82) is 0 Å². The van der Waals surface area contributed by atoms with Crippen LogP contribution < -0.4 is 5.11 Å². The van der Waals surface area contributed by atoms with Crippen LogP contribution in [0.15, 0.2) is 30.3 Å². The highest BCUT2D eigenvalue weighted by Crippen LogP contribution is 2.35. The summed E-state index contributed by atoms with van der Waals surface area (Å²) in [7, 11) is 0. The first-order valence-electron chi connectivity index (χ1n) is 5.02. The largest absolute Gasteiger partial charge is 0.545 e. The average molecular weight is 215 g/mol. The van der Waals surface area contributed by atoms with Crippen molar-refractivity contribution in [1.82, 2.24) is 0 Å². The van der Waals surface area contributed by atoms with Crippen molar-refractivity contribution in [3.63, 3.8) is 0 Å². The van der Waals surface area contributed by atoms with Gasteiger partial charge in [-0.15, -0.1) is 0 Å². The summed E-state index contributed by atoms with van der Waals surface area (Å²) in [6.07, 6.45) is 1.47. The van der Waals surface area contributed by atoms with Crippen LogP contribution >= 0.6 is 0 Å². The molecule has 0 unspecified atom stereocenters. The molecule has 1 aromatic carbocycles. The summed E-state index contributed by atoms with van der Waals surface area (Å²) in [6, 6.07) is 6.71. The zero-order valence-electron chi connectivity index (χ0n) is 9.11. The molecule has 1 aliphatic carbocycles.